The van der Waals surface area contributed by atoms with Crippen LogP contribution in [-0.2, 0) is 0 Å². The average molecular weight is 310 g/mol. The molecule has 2 nitrogen and oxygen atoms in total. The first kappa shape index (κ1) is 12.9. The molecule has 1 unspecified atom stereocenters. The molecular weight excluding hydrogens is 301 g/mol. The topological polar surface area (TPSA) is 33.1 Å². The Labute approximate surface area is 124 Å². The van der Waals surface area contributed by atoms with Crippen LogP contribution in [0.1, 0.15) is 17.2 Å². The van der Waals surface area contributed by atoms with Gasteiger partial charge in [0.1, 0.15) is 10.4 Å². The molecule has 0 fully saturated rings. The van der Waals surface area contributed by atoms with Crippen LogP contribution in [0.5, 0.6) is 0 Å². The molecule has 1 atom stereocenters. The second kappa shape index (κ2) is 5.10. The summed E-state index contributed by atoms with van der Waals surface area (Å²) in [5, 5.41) is 11.4. The summed E-state index contributed by atoms with van der Waals surface area (Å²) in [4.78, 5) is 4.28. The third-order valence-electron chi connectivity index (χ3n) is 2.92. The van der Waals surface area contributed by atoms with Gasteiger partial charge in [0.05, 0.1) is 9.85 Å². The number of hydrogen-bond donors (Lipinski definition) is 1. The van der Waals surface area contributed by atoms with Crippen LogP contribution in [0.2, 0.25) is 8.67 Å². The Kier molecular flexibility index (Phi) is 3.46. The number of halogens is 2. The molecule has 0 bridgehead atoms. The van der Waals surface area contributed by atoms with Crippen molar-refractivity contribution in [3.8, 4) is 0 Å². The maximum absolute atomic E-state index is 10.4. The molecule has 0 saturated carbocycles. The fraction of sp³-hybridized carbons (Fsp3) is 0.0714. The van der Waals surface area contributed by atoms with E-state index in [0.717, 1.165) is 16.5 Å². The third-order valence-corrected chi connectivity index (χ3v) is 4.44. The van der Waals surface area contributed by atoms with Crippen LogP contribution in [0.15, 0.2) is 42.6 Å². The zero-order valence-electron chi connectivity index (χ0n) is 9.68. The highest BCUT2D eigenvalue weighted by Gasteiger charge is 2.17. The van der Waals surface area contributed by atoms with Crippen LogP contribution in [0, 0.1) is 0 Å². The average Bonchev–Trinajstić information content (AvgIpc) is 2.76. The van der Waals surface area contributed by atoms with Crippen LogP contribution in [0.25, 0.3) is 10.9 Å². The van der Waals surface area contributed by atoms with Gasteiger partial charge in [-0.1, -0.05) is 41.4 Å². The van der Waals surface area contributed by atoms with E-state index in [4.69, 9.17) is 23.2 Å². The van der Waals surface area contributed by atoms with Gasteiger partial charge in [-0.05, 0) is 23.8 Å². The van der Waals surface area contributed by atoms with Crippen molar-refractivity contribution in [3.05, 3.63) is 62.4 Å². The van der Waals surface area contributed by atoms with Gasteiger partial charge >= 0.3 is 0 Å². The van der Waals surface area contributed by atoms with E-state index in [-0.39, 0.29) is 0 Å². The largest absolute Gasteiger partial charge is 0.384 e. The number of fused-ring (bicyclic) bond motifs is 1. The lowest BCUT2D eigenvalue weighted by Gasteiger charge is -2.10. The predicted octanol–water partition coefficient (Wildman–Crippen LogP) is 4.68. The molecule has 3 aromatic rings. The van der Waals surface area contributed by atoms with Crippen LogP contribution >= 0.6 is 34.5 Å². The molecule has 0 spiro atoms. The van der Waals surface area contributed by atoms with E-state index in [1.165, 1.54) is 11.3 Å². The molecule has 3 rings (SSSR count). The molecule has 0 radical (unpaired) electrons. The summed E-state index contributed by atoms with van der Waals surface area (Å²) in [5.74, 6) is 0. The molecule has 19 heavy (non-hydrogen) atoms. The second-order valence-corrected chi connectivity index (χ2v) is 6.42. The lowest BCUT2D eigenvalue weighted by molar-refractivity contribution is 0.221. The monoisotopic (exact) mass is 309 g/mol. The van der Waals surface area contributed by atoms with Crippen molar-refractivity contribution in [2.45, 2.75) is 6.10 Å². The molecule has 5 heteroatoms. The Morgan fingerprint density at radius 1 is 1.16 bits per heavy atom. The molecule has 0 aliphatic rings. The van der Waals surface area contributed by atoms with Gasteiger partial charge in [0, 0.05) is 17.1 Å². The molecule has 2 heterocycles. The summed E-state index contributed by atoms with van der Waals surface area (Å²) in [6, 6.07) is 11.2. The number of aliphatic hydroxyl groups excluding tert-OH is 1. The van der Waals surface area contributed by atoms with Crippen molar-refractivity contribution >= 4 is 45.4 Å². The van der Waals surface area contributed by atoms with E-state index in [0.29, 0.717) is 14.2 Å². The van der Waals surface area contributed by atoms with Gasteiger partial charge in [-0.25, -0.2) is 0 Å². The standard InChI is InChI=1S/C14H9Cl2NOS/c15-12-7-10(14(16)19-12)13(18)9-4-3-8-2-1-5-17-11(8)6-9/h1-7,13,18H. The van der Waals surface area contributed by atoms with E-state index < -0.39 is 6.10 Å². The van der Waals surface area contributed by atoms with E-state index in [1.807, 2.05) is 30.3 Å². The maximum Gasteiger partial charge on any atom is 0.106 e. The van der Waals surface area contributed by atoms with Crippen molar-refractivity contribution in [3.63, 3.8) is 0 Å². The van der Waals surface area contributed by atoms with E-state index >= 15 is 0 Å². The van der Waals surface area contributed by atoms with Crippen LogP contribution in [0.3, 0.4) is 0 Å². The minimum atomic E-state index is -0.789. The zero-order chi connectivity index (χ0) is 13.4. The number of thiophene rings is 1. The number of aliphatic hydroxyl groups is 1. The Hall–Kier alpha value is -1.13. The normalized spacial score (nSPS) is 12.8. The molecule has 0 amide bonds. The van der Waals surface area contributed by atoms with Gasteiger partial charge in [-0.2, -0.15) is 0 Å². The smallest absolute Gasteiger partial charge is 0.106 e. The first-order valence-electron chi connectivity index (χ1n) is 5.62. The lowest BCUT2D eigenvalue weighted by Crippen LogP contribution is -1.98. The quantitative estimate of drug-likeness (QED) is 0.745. The first-order chi connectivity index (χ1) is 9.15. The van der Waals surface area contributed by atoms with Crippen LogP contribution < -0.4 is 0 Å². The number of nitrogens with zero attached hydrogens (tertiary/aromatic N) is 1. The van der Waals surface area contributed by atoms with Gasteiger partial charge in [-0.15, -0.1) is 11.3 Å². The first-order valence-corrected chi connectivity index (χ1v) is 7.20. The van der Waals surface area contributed by atoms with Crippen molar-refractivity contribution in [1.29, 1.82) is 0 Å². The molecule has 0 aliphatic heterocycles. The van der Waals surface area contributed by atoms with Crippen molar-refractivity contribution < 1.29 is 5.11 Å². The number of pyridine rings is 1. The van der Waals surface area contributed by atoms with Crippen molar-refractivity contribution in [1.82, 2.24) is 4.98 Å². The van der Waals surface area contributed by atoms with Gasteiger partial charge in [0.2, 0.25) is 0 Å². The molecule has 1 N–H and O–H groups in total. The van der Waals surface area contributed by atoms with Gasteiger partial charge in [0.15, 0.2) is 0 Å². The minimum Gasteiger partial charge on any atom is -0.384 e. The SMILES string of the molecule is OC(c1ccc2cccnc2c1)c1cc(Cl)sc1Cl. The highest BCUT2D eigenvalue weighted by molar-refractivity contribution is 7.20. The maximum atomic E-state index is 10.4. The van der Waals surface area contributed by atoms with Crippen molar-refractivity contribution in [2.75, 3.05) is 0 Å². The Morgan fingerprint density at radius 3 is 2.74 bits per heavy atom. The Bertz CT molecular complexity index is 741. The van der Waals surface area contributed by atoms with Gasteiger partial charge < -0.3 is 5.11 Å². The van der Waals surface area contributed by atoms with E-state index in [9.17, 15) is 5.11 Å². The Morgan fingerprint density at radius 2 is 2.00 bits per heavy atom. The van der Waals surface area contributed by atoms with Crippen LogP contribution in [0.4, 0.5) is 0 Å². The number of rotatable bonds is 2. The predicted molar refractivity (Wildman–Crippen MR) is 80.1 cm³/mol. The number of aromatic nitrogens is 1. The highest BCUT2D eigenvalue weighted by atomic mass is 35.5. The van der Waals surface area contributed by atoms with E-state index in [1.54, 1.807) is 12.3 Å². The fourth-order valence-corrected chi connectivity index (χ4v) is 3.49. The summed E-state index contributed by atoms with van der Waals surface area (Å²) in [6.07, 6.45) is 0.940. The molecule has 1 aromatic carbocycles. The van der Waals surface area contributed by atoms with E-state index in [2.05, 4.69) is 4.98 Å². The van der Waals surface area contributed by atoms with Gasteiger partial charge in [0.25, 0.3) is 0 Å². The molecular formula is C14H9Cl2NOS. The summed E-state index contributed by atoms with van der Waals surface area (Å²) in [7, 11) is 0. The molecule has 0 aliphatic carbocycles. The molecule has 0 saturated heterocycles. The summed E-state index contributed by atoms with van der Waals surface area (Å²) in [5.41, 5.74) is 2.23. The summed E-state index contributed by atoms with van der Waals surface area (Å²) >= 11 is 13.2. The zero-order valence-corrected chi connectivity index (χ0v) is 12.0. The minimum absolute atomic E-state index is 0.513. The summed E-state index contributed by atoms with van der Waals surface area (Å²) in [6.45, 7) is 0. The Balaban J connectivity index is 2.06. The summed E-state index contributed by atoms with van der Waals surface area (Å²) < 4.78 is 1.08. The molecule has 96 valence electrons. The number of hydrogen-bond acceptors (Lipinski definition) is 3. The van der Waals surface area contributed by atoms with Crippen molar-refractivity contribution in [2.24, 2.45) is 0 Å². The third kappa shape index (κ3) is 2.47. The lowest BCUT2D eigenvalue weighted by atomic mass is 10.0. The molecule has 2 aromatic heterocycles. The fourth-order valence-electron chi connectivity index (χ4n) is 1.97. The second-order valence-electron chi connectivity index (χ2n) is 4.14. The highest BCUT2D eigenvalue weighted by Crippen LogP contribution is 2.37. The number of benzene rings is 1. The van der Waals surface area contributed by atoms with Gasteiger partial charge in [-0.3, -0.25) is 4.98 Å². The van der Waals surface area contributed by atoms with Crippen LogP contribution in [-0.4, -0.2) is 10.1 Å².